The van der Waals surface area contributed by atoms with Crippen LogP contribution in [0.1, 0.15) is 25.3 Å². The van der Waals surface area contributed by atoms with Crippen LogP contribution < -0.4 is 5.73 Å². The summed E-state index contributed by atoms with van der Waals surface area (Å²) in [4.78, 5) is 0. The van der Waals surface area contributed by atoms with Crippen molar-refractivity contribution in [1.82, 2.24) is 9.78 Å². The zero-order valence-corrected chi connectivity index (χ0v) is 9.00. The molecule has 1 fully saturated rings. The number of hydrogen-bond acceptors (Lipinski definition) is 4. The van der Waals surface area contributed by atoms with E-state index in [0.717, 1.165) is 24.3 Å². The summed E-state index contributed by atoms with van der Waals surface area (Å²) < 4.78 is 1.77. The van der Waals surface area contributed by atoms with Gasteiger partial charge in [0.15, 0.2) is 0 Å². The zero-order valence-electron chi connectivity index (χ0n) is 8.18. The van der Waals surface area contributed by atoms with Gasteiger partial charge < -0.3 is 10.8 Å². The SMILES string of the molecule is CSc1cc(N)n(C2CCCC2O)n1. The van der Waals surface area contributed by atoms with Crippen LogP contribution in [0.5, 0.6) is 0 Å². The second-order valence-corrected chi connectivity index (χ2v) is 4.45. The lowest BCUT2D eigenvalue weighted by Gasteiger charge is -2.16. The molecule has 1 aliphatic carbocycles. The van der Waals surface area contributed by atoms with Gasteiger partial charge >= 0.3 is 0 Å². The number of nitrogens with zero attached hydrogens (tertiary/aromatic N) is 2. The minimum atomic E-state index is -0.285. The number of hydrogen-bond donors (Lipinski definition) is 2. The molecule has 1 aliphatic rings. The maximum absolute atomic E-state index is 9.73. The minimum absolute atomic E-state index is 0.0795. The van der Waals surface area contributed by atoms with Crippen molar-refractivity contribution < 1.29 is 5.11 Å². The van der Waals surface area contributed by atoms with Crippen LogP contribution in [-0.2, 0) is 0 Å². The van der Waals surface area contributed by atoms with Gasteiger partial charge in [-0.25, -0.2) is 4.68 Å². The fraction of sp³-hybridized carbons (Fsp3) is 0.667. The number of nitrogens with two attached hydrogens (primary N) is 1. The standard InChI is InChI=1S/C9H15N3OS/c1-14-9-5-8(10)12(11-9)6-3-2-4-7(6)13/h5-7,13H,2-4,10H2,1H3. The van der Waals surface area contributed by atoms with E-state index in [-0.39, 0.29) is 12.1 Å². The lowest BCUT2D eigenvalue weighted by Crippen LogP contribution is -2.20. The number of rotatable bonds is 2. The van der Waals surface area contributed by atoms with Crippen LogP contribution in [0.15, 0.2) is 11.1 Å². The summed E-state index contributed by atoms with van der Waals surface area (Å²) in [6.07, 6.45) is 4.57. The normalized spacial score (nSPS) is 27.0. The molecule has 0 amide bonds. The number of nitrogen functional groups attached to an aromatic ring is 1. The molecule has 14 heavy (non-hydrogen) atoms. The molecule has 5 heteroatoms. The van der Waals surface area contributed by atoms with Crippen LogP contribution in [-0.4, -0.2) is 27.2 Å². The first-order valence-corrected chi connectivity index (χ1v) is 6.02. The molecule has 0 aliphatic heterocycles. The third kappa shape index (κ3) is 1.62. The Morgan fingerprint density at radius 3 is 2.93 bits per heavy atom. The summed E-state index contributed by atoms with van der Waals surface area (Å²) in [6.45, 7) is 0. The van der Waals surface area contributed by atoms with Gasteiger partial charge in [-0.2, -0.15) is 5.10 Å². The fourth-order valence-electron chi connectivity index (χ4n) is 1.96. The van der Waals surface area contributed by atoms with Gasteiger partial charge in [0.25, 0.3) is 0 Å². The summed E-state index contributed by atoms with van der Waals surface area (Å²) in [5, 5.41) is 15.0. The van der Waals surface area contributed by atoms with E-state index in [2.05, 4.69) is 5.10 Å². The first kappa shape index (κ1) is 9.86. The van der Waals surface area contributed by atoms with Crippen LogP contribution in [0.3, 0.4) is 0 Å². The molecule has 2 unspecified atom stereocenters. The van der Waals surface area contributed by atoms with Gasteiger partial charge in [0.05, 0.1) is 12.1 Å². The second-order valence-electron chi connectivity index (χ2n) is 3.62. The van der Waals surface area contributed by atoms with E-state index in [1.807, 2.05) is 12.3 Å². The Hall–Kier alpha value is -0.680. The molecular weight excluding hydrogens is 198 g/mol. The Bertz CT molecular complexity index is 326. The van der Waals surface area contributed by atoms with Gasteiger partial charge in [-0.1, -0.05) is 0 Å². The Morgan fingerprint density at radius 2 is 2.43 bits per heavy atom. The monoisotopic (exact) mass is 213 g/mol. The average molecular weight is 213 g/mol. The van der Waals surface area contributed by atoms with E-state index < -0.39 is 0 Å². The Morgan fingerprint density at radius 1 is 1.64 bits per heavy atom. The number of aromatic nitrogens is 2. The molecule has 4 nitrogen and oxygen atoms in total. The summed E-state index contributed by atoms with van der Waals surface area (Å²) in [5.74, 6) is 0.653. The topological polar surface area (TPSA) is 64.1 Å². The van der Waals surface area contributed by atoms with Crippen molar-refractivity contribution in [3.8, 4) is 0 Å². The molecule has 0 radical (unpaired) electrons. The largest absolute Gasteiger partial charge is 0.391 e. The van der Waals surface area contributed by atoms with Crippen molar-refractivity contribution in [3.05, 3.63) is 6.07 Å². The van der Waals surface area contributed by atoms with Crippen molar-refractivity contribution in [2.24, 2.45) is 0 Å². The lowest BCUT2D eigenvalue weighted by atomic mass is 10.2. The van der Waals surface area contributed by atoms with E-state index >= 15 is 0 Å². The van der Waals surface area contributed by atoms with Crippen LogP contribution >= 0.6 is 11.8 Å². The van der Waals surface area contributed by atoms with Gasteiger partial charge in [-0.15, -0.1) is 11.8 Å². The summed E-state index contributed by atoms with van der Waals surface area (Å²) >= 11 is 1.57. The molecule has 0 spiro atoms. The molecule has 0 bridgehead atoms. The van der Waals surface area contributed by atoms with Gasteiger partial charge in [-0.05, 0) is 25.5 Å². The Kier molecular flexibility index (Phi) is 2.69. The van der Waals surface area contributed by atoms with Crippen molar-refractivity contribution >= 4 is 17.6 Å². The first-order chi connectivity index (χ1) is 6.72. The smallest absolute Gasteiger partial charge is 0.123 e. The van der Waals surface area contributed by atoms with E-state index in [1.54, 1.807) is 16.4 Å². The van der Waals surface area contributed by atoms with Gasteiger partial charge in [0.1, 0.15) is 10.8 Å². The maximum atomic E-state index is 9.73. The molecule has 1 aromatic rings. The van der Waals surface area contributed by atoms with Crippen LogP contribution in [0.2, 0.25) is 0 Å². The van der Waals surface area contributed by atoms with Crippen molar-refractivity contribution in [2.45, 2.75) is 36.4 Å². The average Bonchev–Trinajstić information content (AvgIpc) is 2.72. The van der Waals surface area contributed by atoms with Crippen LogP contribution in [0, 0.1) is 0 Å². The number of aliphatic hydroxyl groups excluding tert-OH is 1. The molecule has 2 atom stereocenters. The molecule has 1 heterocycles. The van der Waals surface area contributed by atoms with Crippen LogP contribution in [0.25, 0.3) is 0 Å². The highest BCUT2D eigenvalue weighted by atomic mass is 32.2. The molecule has 1 aromatic heterocycles. The van der Waals surface area contributed by atoms with Gasteiger partial charge in [0, 0.05) is 6.07 Å². The van der Waals surface area contributed by atoms with Gasteiger partial charge in [-0.3, -0.25) is 0 Å². The van der Waals surface area contributed by atoms with E-state index in [1.165, 1.54) is 0 Å². The van der Waals surface area contributed by atoms with Gasteiger partial charge in [0.2, 0.25) is 0 Å². The van der Waals surface area contributed by atoms with Crippen LogP contribution in [0.4, 0.5) is 5.82 Å². The second kappa shape index (κ2) is 3.82. The van der Waals surface area contributed by atoms with E-state index in [4.69, 9.17) is 5.73 Å². The quantitative estimate of drug-likeness (QED) is 0.726. The molecule has 2 rings (SSSR count). The molecular formula is C9H15N3OS. The molecule has 0 aromatic carbocycles. The van der Waals surface area contributed by atoms with Crippen molar-refractivity contribution in [3.63, 3.8) is 0 Å². The summed E-state index contributed by atoms with van der Waals surface area (Å²) in [7, 11) is 0. The molecule has 78 valence electrons. The zero-order chi connectivity index (χ0) is 10.1. The molecule has 1 saturated carbocycles. The number of thioether (sulfide) groups is 1. The highest BCUT2D eigenvalue weighted by Gasteiger charge is 2.28. The third-order valence-corrected chi connectivity index (χ3v) is 3.33. The highest BCUT2D eigenvalue weighted by molar-refractivity contribution is 7.98. The third-order valence-electron chi connectivity index (χ3n) is 2.71. The van der Waals surface area contributed by atoms with E-state index in [9.17, 15) is 5.11 Å². The Balaban J connectivity index is 2.26. The number of anilines is 1. The maximum Gasteiger partial charge on any atom is 0.123 e. The molecule has 3 N–H and O–H groups in total. The van der Waals surface area contributed by atoms with E-state index in [0.29, 0.717) is 5.82 Å². The minimum Gasteiger partial charge on any atom is -0.391 e. The predicted octanol–water partition coefficient (Wildman–Crippen LogP) is 1.27. The Labute approximate surface area is 87.5 Å². The fourth-order valence-corrected chi connectivity index (χ4v) is 2.37. The highest BCUT2D eigenvalue weighted by Crippen LogP contribution is 2.32. The predicted molar refractivity (Wildman–Crippen MR) is 57.3 cm³/mol. The summed E-state index contributed by atoms with van der Waals surface area (Å²) in [6, 6.07) is 1.94. The van der Waals surface area contributed by atoms with Crippen molar-refractivity contribution in [2.75, 3.05) is 12.0 Å². The first-order valence-electron chi connectivity index (χ1n) is 4.79. The van der Waals surface area contributed by atoms with Crippen molar-refractivity contribution in [1.29, 1.82) is 0 Å². The summed E-state index contributed by atoms with van der Waals surface area (Å²) in [5.41, 5.74) is 5.84. The lowest BCUT2D eigenvalue weighted by molar-refractivity contribution is 0.131. The molecule has 0 saturated heterocycles. The number of aliphatic hydroxyl groups is 1.